The van der Waals surface area contributed by atoms with E-state index in [2.05, 4.69) is 19.9 Å². The average molecular weight is 309 g/mol. The van der Waals surface area contributed by atoms with Gasteiger partial charge in [-0.15, -0.1) is 0 Å². The summed E-state index contributed by atoms with van der Waals surface area (Å²) in [6, 6.07) is 17.0. The Kier molecular flexibility index (Phi) is 3.05. The van der Waals surface area contributed by atoms with Crippen molar-refractivity contribution in [2.75, 3.05) is 0 Å². The zero-order chi connectivity index (χ0) is 14.9. The van der Waals surface area contributed by atoms with Gasteiger partial charge >= 0.3 is 0 Å². The van der Waals surface area contributed by atoms with E-state index in [1.165, 1.54) is 0 Å². The molecule has 4 rings (SSSR count). The Morgan fingerprint density at radius 3 is 2.27 bits per heavy atom. The molecule has 0 radical (unpaired) electrons. The Bertz CT molecular complexity index is 920. The smallest absolute Gasteiger partial charge is 0.266 e. The predicted octanol–water partition coefficient (Wildman–Crippen LogP) is 4.00. The van der Waals surface area contributed by atoms with E-state index in [-0.39, 0.29) is 5.28 Å². The molecule has 0 aliphatic carbocycles. The fraction of sp³-hybridized carbons (Fsp3) is 0. The Labute approximate surface area is 130 Å². The molecule has 106 valence electrons. The standard InChI is InChI=1S/C16H9ClN4O/c17-16-20-13(10-6-2-1-3-7-10)19-14(21-16)15-18-11-8-4-5-9-12(11)22-15/h1-9H. The second kappa shape index (κ2) is 5.20. The first kappa shape index (κ1) is 12.9. The van der Waals surface area contributed by atoms with Crippen molar-refractivity contribution in [1.29, 1.82) is 0 Å². The van der Waals surface area contributed by atoms with Gasteiger partial charge in [0.25, 0.3) is 5.89 Å². The lowest BCUT2D eigenvalue weighted by Gasteiger charge is -2.01. The zero-order valence-corrected chi connectivity index (χ0v) is 12.0. The Morgan fingerprint density at radius 2 is 1.45 bits per heavy atom. The third-order valence-electron chi connectivity index (χ3n) is 3.13. The van der Waals surface area contributed by atoms with Crippen LogP contribution in [-0.2, 0) is 0 Å². The minimum absolute atomic E-state index is 0.103. The zero-order valence-electron chi connectivity index (χ0n) is 11.3. The molecule has 0 bridgehead atoms. The molecular formula is C16H9ClN4O. The molecule has 4 aromatic rings. The molecule has 22 heavy (non-hydrogen) atoms. The van der Waals surface area contributed by atoms with Gasteiger partial charge in [0.15, 0.2) is 11.4 Å². The van der Waals surface area contributed by atoms with E-state index < -0.39 is 0 Å². The van der Waals surface area contributed by atoms with Crippen LogP contribution in [0.15, 0.2) is 59.0 Å². The van der Waals surface area contributed by atoms with Crippen molar-refractivity contribution in [2.24, 2.45) is 0 Å². The van der Waals surface area contributed by atoms with Gasteiger partial charge in [-0.25, -0.2) is 9.97 Å². The van der Waals surface area contributed by atoms with Crippen molar-refractivity contribution in [3.63, 3.8) is 0 Å². The molecule has 5 nitrogen and oxygen atoms in total. The van der Waals surface area contributed by atoms with Gasteiger partial charge < -0.3 is 4.42 Å². The monoisotopic (exact) mass is 308 g/mol. The van der Waals surface area contributed by atoms with E-state index in [9.17, 15) is 0 Å². The summed E-state index contributed by atoms with van der Waals surface area (Å²) < 4.78 is 5.68. The van der Waals surface area contributed by atoms with Gasteiger partial charge in [0, 0.05) is 5.56 Å². The van der Waals surface area contributed by atoms with Crippen LogP contribution in [-0.4, -0.2) is 19.9 Å². The molecule has 0 N–H and O–H groups in total. The van der Waals surface area contributed by atoms with Crippen molar-refractivity contribution in [2.45, 2.75) is 0 Å². The van der Waals surface area contributed by atoms with E-state index >= 15 is 0 Å². The molecule has 0 unspecified atom stereocenters. The first-order valence-electron chi connectivity index (χ1n) is 6.62. The number of oxazole rings is 1. The first-order chi connectivity index (χ1) is 10.8. The highest BCUT2D eigenvalue weighted by Crippen LogP contribution is 2.24. The number of benzene rings is 2. The Hall–Kier alpha value is -2.79. The van der Waals surface area contributed by atoms with Crippen LogP contribution >= 0.6 is 11.6 Å². The summed E-state index contributed by atoms with van der Waals surface area (Å²) in [7, 11) is 0. The molecule has 0 spiro atoms. The molecule has 0 saturated heterocycles. The van der Waals surface area contributed by atoms with Gasteiger partial charge in [0.05, 0.1) is 0 Å². The van der Waals surface area contributed by atoms with E-state index in [1.54, 1.807) is 0 Å². The van der Waals surface area contributed by atoms with Crippen LogP contribution in [0.25, 0.3) is 34.2 Å². The largest absolute Gasteiger partial charge is 0.434 e. The van der Waals surface area contributed by atoms with Gasteiger partial charge in [-0.3, -0.25) is 0 Å². The van der Waals surface area contributed by atoms with Crippen LogP contribution in [0.3, 0.4) is 0 Å². The lowest BCUT2D eigenvalue weighted by Crippen LogP contribution is -1.97. The highest BCUT2D eigenvalue weighted by Gasteiger charge is 2.14. The maximum absolute atomic E-state index is 6.02. The number of hydrogen-bond acceptors (Lipinski definition) is 5. The number of hydrogen-bond donors (Lipinski definition) is 0. The molecule has 2 aromatic heterocycles. The molecule has 6 heteroatoms. The second-order valence-electron chi connectivity index (χ2n) is 4.60. The lowest BCUT2D eigenvalue weighted by molar-refractivity contribution is 0.612. The summed E-state index contributed by atoms with van der Waals surface area (Å²) in [5.74, 6) is 1.12. The number of halogens is 1. The highest BCUT2D eigenvalue weighted by atomic mass is 35.5. The van der Waals surface area contributed by atoms with Crippen molar-refractivity contribution < 1.29 is 4.42 Å². The summed E-state index contributed by atoms with van der Waals surface area (Å²) in [5.41, 5.74) is 2.27. The lowest BCUT2D eigenvalue weighted by atomic mass is 10.2. The minimum Gasteiger partial charge on any atom is -0.434 e. The fourth-order valence-corrected chi connectivity index (χ4v) is 2.29. The molecule has 0 atom stereocenters. The average Bonchev–Trinajstić information content (AvgIpc) is 2.99. The van der Waals surface area contributed by atoms with Crippen molar-refractivity contribution >= 4 is 22.7 Å². The van der Waals surface area contributed by atoms with Gasteiger partial charge in [0.1, 0.15) is 5.52 Å². The van der Waals surface area contributed by atoms with Crippen LogP contribution in [0, 0.1) is 0 Å². The summed E-state index contributed by atoms with van der Waals surface area (Å²) in [6.07, 6.45) is 0. The number of aromatic nitrogens is 4. The summed E-state index contributed by atoms with van der Waals surface area (Å²) in [5, 5.41) is 0.103. The molecule has 0 fully saturated rings. The Balaban J connectivity index is 1.86. The van der Waals surface area contributed by atoms with E-state index in [0.29, 0.717) is 23.1 Å². The molecule has 2 aromatic carbocycles. The minimum atomic E-state index is 0.103. The van der Waals surface area contributed by atoms with Gasteiger partial charge in [-0.05, 0) is 23.7 Å². The van der Waals surface area contributed by atoms with Crippen LogP contribution in [0.4, 0.5) is 0 Å². The number of rotatable bonds is 2. The van der Waals surface area contributed by atoms with Crippen molar-refractivity contribution in [1.82, 2.24) is 19.9 Å². The summed E-state index contributed by atoms with van der Waals surface area (Å²) in [6.45, 7) is 0. The number of fused-ring (bicyclic) bond motifs is 1. The van der Waals surface area contributed by atoms with E-state index in [4.69, 9.17) is 16.0 Å². The molecule has 0 aliphatic rings. The quantitative estimate of drug-likeness (QED) is 0.560. The normalized spacial score (nSPS) is 11.0. The number of nitrogens with zero attached hydrogens (tertiary/aromatic N) is 4. The van der Waals surface area contributed by atoms with Crippen LogP contribution < -0.4 is 0 Å². The van der Waals surface area contributed by atoms with Crippen LogP contribution in [0.2, 0.25) is 5.28 Å². The van der Waals surface area contributed by atoms with E-state index in [1.807, 2.05) is 54.6 Å². The third-order valence-corrected chi connectivity index (χ3v) is 3.29. The topological polar surface area (TPSA) is 64.7 Å². The van der Waals surface area contributed by atoms with Gasteiger partial charge in [-0.1, -0.05) is 42.5 Å². The number of para-hydroxylation sites is 2. The summed E-state index contributed by atoms with van der Waals surface area (Å²) in [4.78, 5) is 17.1. The van der Waals surface area contributed by atoms with Gasteiger partial charge in [0.2, 0.25) is 11.1 Å². The summed E-state index contributed by atoms with van der Waals surface area (Å²) >= 11 is 6.02. The maximum Gasteiger partial charge on any atom is 0.266 e. The molecular weight excluding hydrogens is 300 g/mol. The van der Waals surface area contributed by atoms with Crippen LogP contribution in [0.5, 0.6) is 0 Å². The second-order valence-corrected chi connectivity index (χ2v) is 4.94. The van der Waals surface area contributed by atoms with Gasteiger partial charge in [-0.2, -0.15) is 9.97 Å². The highest BCUT2D eigenvalue weighted by molar-refractivity contribution is 6.28. The molecule has 0 amide bonds. The van der Waals surface area contributed by atoms with Crippen molar-refractivity contribution in [3.05, 3.63) is 59.9 Å². The van der Waals surface area contributed by atoms with E-state index in [0.717, 1.165) is 11.1 Å². The first-order valence-corrected chi connectivity index (χ1v) is 7.00. The fourth-order valence-electron chi connectivity index (χ4n) is 2.13. The SMILES string of the molecule is Clc1nc(-c2ccccc2)nc(-c2nc3ccccc3o2)n1. The maximum atomic E-state index is 6.02. The molecule has 0 saturated carbocycles. The molecule has 2 heterocycles. The molecule has 0 aliphatic heterocycles. The third kappa shape index (κ3) is 2.31. The predicted molar refractivity (Wildman–Crippen MR) is 83.3 cm³/mol. The van der Waals surface area contributed by atoms with Crippen LogP contribution in [0.1, 0.15) is 0 Å². The van der Waals surface area contributed by atoms with Crippen molar-refractivity contribution in [3.8, 4) is 23.1 Å². The Morgan fingerprint density at radius 1 is 0.727 bits per heavy atom.